The molecule has 11 heteroatoms. The zero-order chi connectivity index (χ0) is 28.3. The standard InChI is InChI=1S/C26H24N4O2.C2HF3O2/c31-25(22-11-7-10-21(16-22)18-30-15-14-27-19-30)29-24(17-20-8-3-1-4-9-20)26(32)28-23-12-5-2-6-13-23;3-2(4,5)1(6)7/h1-16,19,24H,17-18H2,(H,28,32)(H,29,31);(H,6,7). The van der Waals surface area contributed by atoms with Gasteiger partial charge in [-0.15, -0.1) is 0 Å². The Bertz CT molecular complexity index is 1360. The summed E-state index contributed by atoms with van der Waals surface area (Å²) >= 11 is 0. The third-order valence-electron chi connectivity index (χ3n) is 5.30. The van der Waals surface area contributed by atoms with Crippen LogP contribution in [0.5, 0.6) is 0 Å². The average Bonchev–Trinajstić information content (AvgIpc) is 3.42. The number of carboxylic acids is 1. The number of amides is 2. The fourth-order valence-electron chi connectivity index (χ4n) is 3.45. The number of rotatable bonds is 8. The number of nitrogens with zero attached hydrogens (tertiary/aromatic N) is 2. The molecule has 0 saturated heterocycles. The highest BCUT2D eigenvalue weighted by Crippen LogP contribution is 2.13. The Kier molecular flexibility index (Phi) is 9.96. The van der Waals surface area contributed by atoms with Gasteiger partial charge >= 0.3 is 12.1 Å². The van der Waals surface area contributed by atoms with Crippen LogP contribution in [0.4, 0.5) is 18.9 Å². The second-order valence-electron chi connectivity index (χ2n) is 8.31. The molecule has 1 heterocycles. The van der Waals surface area contributed by atoms with Crippen molar-refractivity contribution in [2.45, 2.75) is 25.2 Å². The Balaban J connectivity index is 0.000000532. The fraction of sp³-hybridized carbons (Fsp3) is 0.143. The first kappa shape index (κ1) is 28.6. The van der Waals surface area contributed by atoms with Crippen LogP contribution in [-0.2, 0) is 22.6 Å². The number of nitrogens with one attached hydrogen (secondary N) is 2. The number of alkyl halides is 3. The molecule has 4 aromatic rings. The molecule has 0 aliphatic heterocycles. The van der Waals surface area contributed by atoms with Crippen molar-refractivity contribution in [3.05, 3.63) is 120 Å². The van der Waals surface area contributed by atoms with E-state index in [9.17, 15) is 22.8 Å². The van der Waals surface area contributed by atoms with Crippen molar-refractivity contribution < 1.29 is 32.7 Å². The van der Waals surface area contributed by atoms with E-state index in [0.717, 1.165) is 11.1 Å². The van der Waals surface area contributed by atoms with Gasteiger partial charge in [0.2, 0.25) is 5.91 Å². The normalized spacial score (nSPS) is 11.5. The molecule has 202 valence electrons. The Hall–Kier alpha value is -4.93. The van der Waals surface area contributed by atoms with Gasteiger partial charge in [-0.3, -0.25) is 9.59 Å². The number of halogens is 3. The van der Waals surface area contributed by atoms with E-state index in [0.29, 0.717) is 24.2 Å². The van der Waals surface area contributed by atoms with E-state index in [1.54, 1.807) is 18.6 Å². The number of carbonyl (C=O) groups is 3. The van der Waals surface area contributed by atoms with Crippen LogP contribution in [0.15, 0.2) is 104 Å². The molecule has 0 fully saturated rings. The second-order valence-corrected chi connectivity index (χ2v) is 8.31. The van der Waals surface area contributed by atoms with E-state index in [1.807, 2.05) is 89.6 Å². The van der Waals surface area contributed by atoms with Crippen molar-refractivity contribution in [2.75, 3.05) is 5.32 Å². The summed E-state index contributed by atoms with van der Waals surface area (Å²) in [6.45, 7) is 0.614. The lowest BCUT2D eigenvalue weighted by Crippen LogP contribution is -2.45. The molecule has 39 heavy (non-hydrogen) atoms. The predicted molar refractivity (Wildman–Crippen MR) is 138 cm³/mol. The van der Waals surface area contributed by atoms with Crippen LogP contribution in [0.3, 0.4) is 0 Å². The first-order valence-electron chi connectivity index (χ1n) is 11.7. The van der Waals surface area contributed by atoms with E-state index in [1.165, 1.54) is 0 Å². The lowest BCUT2D eigenvalue weighted by Gasteiger charge is -2.19. The molecule has 4 rings (SSSR count). The maximum Gasteiger partial charge on any atom is 0.490 e. The molecule has 0 bridgehead atoms. The van der Waals surface area contributed by atoms with Crippen molar-refractivity contribution in [1.29, 1.82) is 0 Å². The number of hydrogen-bond donors (Lipinski definition) is 3. The number of para-hydroxylation sites is 1. The molecule has 3 N–H and O–H groups in total. The van der Waals surface area contributed by atoms with E-state index in [2.05, 4.69) is 15.6 Å². The highest BCUT2D eigenvalue weighted by atomic mass is 19.4. The molecule has 0 aliphatic rings. The summed E-state index contributed by atoms with van der Waals surface area (Å²) in [5, 5.41) is 12.9. The summed E-state index contributed by atoms with van der Waals surface area (Å²) in [4.78, 5) is 39.0. The first-order valence-corrected chi connectivity index (χ1v) is 11.7. The van der Waals surface area contributed by atoms with E-state index in [-0.39, 0.29) is 11.8 Å². The number of anilines is 1. The number of imidazole rings is 1. The molecule has 0 spiro atoms. The highest BCUT2D eigenvalue weighted by Gasteiger charge is 2.38. The molecule has 0 radical (unpaired) electrons. The van der Waals surface area contributed by atoms with Crippen LogP contribution in [0, 0.1) is 0 Å². The Morgan fingerprint density at radius 2 is 1.51 bits per heavy atom. The maximum atomic E-state index is 13.0. The van der Waals surface area contributed by atoms with E-state index in [4.69, 9.17) is 9.90 Å². The molecule has 1 atom stereocenters. The van der Waals surface area contributed by atoms with Crippen molar-refractivity contribution in [1.82, 2.24) is 14.9 Å². The molecule has 8 nitrogen and oxygen atoms in total. The molecule has 0 aliphatic carbocycles. The van der Waals surface area contributed by atoms with Gasteiger partial charge in [-0.2, -0.15) is 13.2 Å². The number of aliphatic carboxylic acids is 1. The van der Waals surface area contributed by atoms with Gasteiger partial charge in [-0.25, -0.2) is 9.78 Å². The van der Waals surface area contributed by atoms with Crippen molar-refractivity contribution in [3.63, 3.8) is 0 Å². The van der Waals surface area contributed by atoms with Crippen LogP contribution < -0.4 is 10.6 Å². The third-order valence-corrected chi connectivity index (χ3v) is 5.30. The number of carbonyl (C=O) groups excluding carboxylic acids is 2. The summed E-state index contributed by atoms with van der Waals surface area (Å²) in [6, 6.07) is 25.6. The van der Waals surface area contributed by atoms with Gasteiger partial charge in [0.15, 0.2) is 0 Å². The number of carboxylic acid groups (broad SMARTS) is 1. The van der Waals surface area contributed by atoms with Gasteiger partial charge in [0.05, 0.1) is 6.33 Å². The van der Waals surface area contributed by atoms with Crippen molar-refractivity contribution in [3.8, 4) is 0 Å². The molecule has 1 unspecified atom stereocenters. The fourth-order valence-corrected chi connectivity index (χ4v) is 3.45. The van der Waals surface area contributed by atoms with E-state index >= 15 is 0 Å². The van der Waals surface area contributed by atoms with E-state index < -0.39 is 18.2 Å². The van der Waals surface area contributed by atoms with Gasteiger partial charge < -0.3 is 20.3 Å². The zero-order valence-corrected chi connectivity index (χ0v) is 20.5. The summed E-state index contributed by atoms with van der Waals surface area (Å²) < 4.78 is 33.7. The van der Waals surface area contributed by atoms with Gasteiger partial charge in [0, 0.05) is 36.6 Å². The highest BCUT2D eigenvalue weighted by molar-refractivity contribution is 6.01. The van der Waals surface area contributed by atoms with Crippen LogP contribution in [0.2, 0.25) is 0 Å². The predicted octanol–water partition coefficient (Wildman–Crippen LogP) is 4.54. The van der Waals surface area contributed by atoms with Crippen molar-refractivity contribution >= 4 is 23.5 Å². The minimum absolute atomic E-state index is 0.261. The maximum absolute atomic E-state index is 13.0. The molecular formula is C28H25F3N4O4. The molecule has 3 aromatic carbocycles. The van der Waals surface area contributed by atoms with Crippen LogP contribution in [0.1, 0.15) is 21.5 Å². The second kappa shape index (κ2) is 13.6. The molecular weight excluding hydrogens is 513 g/mol. The third kappa shape index (κ3) is 9.47. The zero-order valence-electron chi connectivity index (χ0n) is 20.5. The minimum Gasteiger partial charge on any atom is -0.475 e. The summed E-state index contributed by atoms with van der Waals surface area (Å²) in [7, 11) is 0. The first-order chi connectivity index (χ1) is 18.6. The quantitative estimate of drug-likeness (QED) is 0.305. The lowest BCUT2D eigenvalue weighted by atomic mass is 10.0. The van der Waals surface area contributed by atoms with Gasteiger partial charge in [0.25, 0.3) is 5.91 Å². The van der Waals surface area contributed by atoms with Crippen LogP contribution in [-0.4, -0.2) is 44.7 Å². The van der Waals surface area contributed by atoms with Gasteiger partial charge in [-0.05, 0) is 35.4 Å². The Labute approximate surface area is 222 Å². The minimum atomic E-state index is -5.08. The lowest BCUT2D eigenvalue weighted by molar-refractivity contribution is -0.192. The molecule has 1 aromatic heterocycles. The number of hydrogen-bond acceptors (Lipinski definition) is 4. The van der Waals surface area contributed by atoms with Crippen molar-refractivity contribution in [2.24, 2.45) is 0 Å². The summed E-state index contributed by atoms with van der Waals surface area (Å²) in [5.74, 6) is -3.31. The van der Waals surface area contributed by atoms with Crippen LogP contribution >= 0.6 is 0 Å². The van der Waals surface area contributed by atoms with Gasteiger partial charge in [0.1, 0.15) is 6.04 Å². The van der Waals surface area contributed by atoms with Crippen LogP contribution in [0.25, 0.3) is 0 Å². The topological polar surface area (TPSA) is 113 Å². The number of aromatic nitrogens is 2. The monoisotopic (exact) mass is 538 g/mol. The molecule has 2 amide bonds. The Morgan fingerprint density at radius 3 is 2.10 bits per heavy atom. The summed E-state index contributed by atoms with van der Waals surface area (Å²) in [5.41, 5.74) is 3.14. The Morgan fingerprint density at radius 1 is 0.897 bits per heavy atom. The van der Waals surface area contributed by atoms with Gasteiger partial charge in [-0.1, -0.05) is 60.7 Å². The summed E-state index contributed by atoms with van der Waals surface area (Å²) in [6.07, 6.45) is 0.628. The molecule has 0 saturated carbocycles. The smallest absolute Gasteiger partial charge is 0.475 e. The average molecular weight is 539 g/mol. The SMILES string of the molecule is O=C(NC(Cc1ccccc1)C(=O)Nc1ccccc1)c1cccc(Cn2ccnc2)c1.O=C(O)C(F)(F)F. The number of benzene rings is 3. The largest absolute Gasteiger partial charge is 0.490 e.